The first kappa shape index (κ1) is 13.5. The molecule has 0 spiro atoms. The summed E-state index contributed by atoms with van der Waals surface area (Å²) in [6.45, 7) is 0.723. The van der Waals surface area contributed by atoms with Crippen LogP contribution in [-0.4, -0.2) is 18.8 Å². The third kappa shape index (κ3) is 2.41. The van der Waals surface area contributed by atoms with E-state index >= 15 is 0 Å². The van der Waals surface area contributed by atoms with E-state index in [1.165, 1.54) is 0 Å². The zero-order valence-corrected chi connectivity index (χ0v) is 12.7. The fourth-order valence-electron chi connectivity index (χ4n) is 2.41. The number of methoxy groups -OCH3 is 1. The molecule has 1 aliphatic rings. The van der Waals surface area contributed by atoms with Gasteiger partial charge in [0.05, 0.1) is 13.7 Å². The summed E-state index contributed by atoms with van der Waals surface area (Å²) >= 11 is 3.48. The molecule has 0 saturated heterocycles. The Hall–Kier alpha value is -1.52. The molecule has 0 saturated carbocycles. The molecule has 0 aliphatic carbocycles. The van der Waals surface area contributed by atoms with Crippen molar-refractivity contribution in [2.75, 3.05) is 13.7 Å². The van der Waals surface area contributed by atoms with Gasteiger partial charge in [-0.1, -0.05) is 28.1 Å². The molecule has 1 N–H and O–H groups in total. The van der Waals surface area contributed by atoms with Crippen LogP contribution in [0.15, 0.2) is 40.9 Å². The predicted molar refractivity (Wildman–Crippen MR) is 80.4 cm³/mol. The highest BCUT2D eigenvalue weighted by molar-refractivity contribution is 9.10. The highest BCUT2D eigenvalue weighted by Crippen LogP contribution is 2.34. The Labute approximate surface area is 126 Å². The maximum atomic E-state index is 10.6. The van der Waals surface area contributed by atoms with Crippen molar-refractivity contribution in [3.63, 3.8) is 0 Å². The number of halogens is 1. The lowest BCUT2D eigenvalue weighted by Gasteiger charge is -2.15. The average molecular weight is 335 g/mol. The van der Waals surface area contributed by atoms with Gasteiger partial charge in [-0.05, 0) is 41.0 Å². The van der Waals surface area contributed by atoms with Crippen LogP contribution in [0.1, 0.15) is 22.8 Å². The van der Waals surface area contributed by atoms with Crippen LogP contribution in [0, 0.1) is 0 Å². The molecular weight excluding hydrogens is 320 g/mol. The molecule has 2 aromatic carbocycles. The standard InChI is InChI=1S/C16H15BrO3/c1-19-12-3-4-13(14(17)9-12)16(18)11-2-5-15-10(8-11)6-7-20-15/h2-5,8-9,16,18H,6-7H2,1H3. The fraction of sp³-hybridized carbons (Fsp3) is 0.250. The van der Waals surface area contributed by atoms with E-state index in [9.17, 15) is 5.11 Å². The highest BCUT2D eigenvalue weighted by Gasteiger charge is 2.18. The second-order valence-corrected chi connectivity index (χ2v) is 5.61. The van der Waals surface area contributed by atoms with E-state index in [-0.39, 0.29) is 0 Å². The van der Waals surface area contributed by atoms with Crippen LogP contribution < -0.4 is 9.47 Å². The summed E-state index contributed by atoms with van der Waals surface area (Å²) in [6, 6.07) is 11.4. The third-order valence-corrected chi connectivity index (χ3v) is 4.22. The molecule has 3 nitrogen and oxygen atoms in total. The van der Waals surface area contributed by atoms with Crippen LogP contribution in [0.2, 0.25) is 0 Å². The summed E-state index contributed by atoms with van der Waals surface area (Å²) in [5.41, 5.74) is 2.86. The second-order valence-electron chi connectivity index (χ2n) is 4.76. The van der Waals surface area contributed by atoms with Gasteiger partial charge in [-0.25, -0.2) is 0 Å². The van der Waals surface area contributed by atoms with E-state index in [0.29, 0.717) is 0 Å². The molecule has 3 rings (SSSR count). The number of aliphatic hydroxyl groups is 1. The minimum absolute atomic E-state index is 0.666. The van der Waals surface area contributed by atoms with Crippen molar-refractivity contribution in [1.29, 1.82) is 0 Å². The van der Waals surface area contributed by atoms with E-state index in [1.807, 2.05) is 36.4 Å². The Morgan fingerprint density at radius 1 is 1.25 bits per heavy atom. The minimum Gasteiger partial charge on any atom is -0.497 e. The van der Waals surface area contributed by atoms with Crippen molar-refractivity contribution >= 4 is 15.9 Å². The molecule has 1 aliphatic heterocycles. The van der Waals surface area contributed by atoms with Gasteiger partial charge in [0.2, 0.25) is 0 Å². The Balaban J connectivity index is 1.94. The van der Waals surface area contributed by atoms with Crippen molar-refractivity contribution in [2.24, 2.45) is 0 Å². The summed E-state index contributed by atoms with van der Waals surface area (Å²) in [5.74, 6) is 1.69. The van der Waals surface area contributed by atoms with Crippen molar-refractivity contribution < 1.29 is 14.6 Å². The highest BCUT2D eigenvalue weighted by atomic mass is 79.9. The van der Waals surface area contributed by atoms with Crippen molar-refractivity contribution in [2.45, 2.75) is 12.5 Å². The molecular formula is C16H15BrO3. The first-order valence-corrected chi connectivity index (χ1v) is 7.25. The van der Waals surface area contributed by atoms with Gasteiger partial charge in [0.1, 0.15) is 17.6 Å². The molecule has 4 heteroatoms. The summed E-state index contributed by atoms with van der Waals surface area (Å²) in [7, 11) is 1.62. The van der Waals surface area contributed by atoms with Crippen molar-refractivity contribution in [3.05, 3.63) is 57.6 Å². The lowest BCUT2D eigenvalue weighted by atomic mass is 9.99. The molecule has 0 fully saturated rings. The van der Waals surface area contributed by atoms with Gasteiger partial charge in [-0.2, -0.15) is 0 Å². The van der Waals surface area contributed by atoms with Gasteiger partial charge < -0.3 is 14.6 Å². The third-order valence-electron chi connectivity index (χ3n) is 3.53. The normalized spacial score (nSPS) is 14.6. The van der Waals surface area contributed by atoms with E-state index in [4.69, 9.17) is 9.47 Å². The monoisotopic (exact) mass is 334 g/mol. The Morgan fingerprint density at radius 2 is 2.10 bits per heavy atom. The first-order valence-electron chi connectivity index (χ1n) is 6.46. The van der Waals surface area contributed by atoms with Gasteiger partial charge in [0.15, 0.2) is 0 Å². The van der Waals surface area contributed by atoms with Gasteiger partial charge in [-0.15, -0.1) is 0 Å². The molecule has 2 aromatic rings. The van der Waals surface area contributed by atoms with E-state index in [0.717, 1.165) is 45.7 Å². The number of fused-ring (bicyclic) bond motifs is 1. The molecule has 0 radical (unpaired) electrons. The Kier molecular flexibility index (Phi) is 3.68. The SMILES string of the molecule is COc1ccc(C(O)c2ccc3c(c2)CCO3)c(Br)c1. The smallest absolute Gasteiger partial charge is 0.122 e. The van der Waals surface area contributed by atoms with Crippen LogP contribution in [0.5, 0.6) is 11.5 Å². The molecule has 20 heavy (non-hydrogen) atoms. The van der Waals surface area contributed by atoms with E-state index < -0.39 is 6.10 Å². The summed E-state index contributed by atoms with van der Waals surface area (Å²) in [6.07, 6.45) is 0.237. The first-order chi connectivity index (χ1) is 9.69. The molecule has 0 amide bonds. The molecule has 1 heterocycles. The van der Waals surface area contributed by atoms with Gasteiger partial charge in [0, 0.05) is 10.9 Å². The number of ether oxygens (including phenoxy) is 2. The van der Waals surface area contributed by atoms with Gasteiger partial charge in [0.25, 0.3) is 0 Å². The maximum absolute atomic E-state index is 10.6. The molecule has 0 bridgehead atoms. The average Bonchev–Trinajstić information content (AvgIpc) is 2.93. The molecule has 1 unspecified atom stereocenters. The zero-order valence-electron chi connectivity index (χ0n) is 11.1. The molecule has 104 valence electrons. The Morgan fingerprint density at radius 3 is 2.85 bits per heavy atom. The minimum atomic E-state index is -0.666. The lowest BCUT2D eigenvalue weighted by Crippen LogP contribution is -2.01. The predicted octanol–water partition coefficient (Wildman–Crippen LogP) is 3.47. The lowest BCUT2D eigenvalue weighted by molar-refractivity contribution is 0.219. The quantitative estimate of drug-likeness (QED) is 0.933. The second kappa shape index (κ2) is 5.46. The van der Waals surface area contributed by atoms with Crippen molar-refractivity contribution in [1.82, 2.24) is 0 Å². The molecule has 1 atom stereocenters. The number of hydrogen-bond acceptors (Lipinski definition) is 3. The van der Waals surface area contributed by atoms with Crippen LogP contribution in [0.25, 0.3) is 0 Å². The number of aliphatic hydroxyl groups excluding tert-OH is 1. The zero-order chi connectivity index (χ0) is 14.1. The van der Waals surface area contributed by atoms with E-state index in [1.54, 1.807) is 7.11 Å². The van der Waals surface area contributed by atoms with Crippen LogP contribution in [0.4, 0.5) is 0 Å². The summed E-state index contributed by atoms with van der Waals surface area (Å²) in [4.78, 5) is 0. The largest absolute Gasteiger partial charge is 0.497 e. The van der Waals surface area contributed by atoms with E-state index in [2.05, 4.69) is 15.9 Å². The number of rotatable bonds is 3. The van der Waals surface area contributed by atoms with Gasteiger partial charge in [-0.3, -0.25) is 0 Å². The molecule has 0 aromatic heterocycles. The fourth-order valence-corrected chi connectivity index (χ4v) is 2.99. The van der Waals surface area contributed by atoms with Crippen LogP contribution in [0.3, 0.4) is 0 Å². The maximum Gasteiger partial charge on any atom is 0.122 e. The summed E-state index contributed by atoms with van der Waals surface area (Å²) in [5, 5.41) is 10.6. The number of hydrogen-bond donors (Lipinski definition) is 1. The van der Waals surface area contributed by atoms with Crippen LogP contribution >= 0.6 is 15.9 Å². The van der Waals surface area contributed by atoms with Crippen molar-refractivity contribution in [3.8, 4) is 11.5 Å². The Bertz CT molecular complexity index is 640. The number of benzene rings is 2. The topological polar surface area (TPSA) is 38.7 Å². The van der Waals surface area contributed by atoms with Gasteiger partial charge >= 0.3 is 0 Å². The summed E-state index contributed by atoms with van der Waals surface area (Å²) < 4.78 is 11.5. The van der Waals surface area contributed by atoms with Crippen LogP contribution in [-0.2, 0) is 6.42 Å².